The van der Waals surface area contributed by atoms with E-state index in [1.807, 2.05) is 13.1 Å². The Morgan fingerprint density at radius 2 is 1.68 bits per heavy atom. The highest BCUT2D eigenvalue weighted by atomic mass is 19.1. The van der Waals surface area contributed by atoms with Crippen LogP contribution in [0.1, 0.15) is 26.6 Å². The van der Waals surface area contributed by atoms with Gasteiger partial charge in [-0.3, -0.25) is 0 Å². The number of rotatable bonds is 2. The average molecular weight is 259 g/mol. The van der Waals surface area contributed by atoms with E-state index in [-0.39, 0.29) is 11.2 Å². The van der Waals surface area contributed by atoms with E-state index in [2.05, 4.69) is 36.1 Å². The molecule has 0 saturated heterocycles. The Labute approximate surface area is 112 Å². The third-order valence-corrected chi connectivity index (χ3v) is 2.79. The lowest BCUT2D eigenvalue weighted by molar-refractivity contribution is 0.547. The Hall–Kier alpha value is -1.97. The van der Waals surface area contributed by atoms with Crippen molar-refractivity contribution in [1.82, 2.24) is 9.97 Å². The lowest BCUT2D eigenvalue weighted by Crippen LogP contribution is -2.17. The van der Waals surface area contributed by atoms with Crippen LogP contribution in [-0.2, 0) is 5.41 Å². The molecular weight excluding hydrogens is 241 g/mol. The predicted octanol–water partition coefficient (Wildman–Crippen LogP) is 3.62. The molecule has 1 aromatic heterocycles. The van der Waals surface area contributed by atoms with Crippen molar-refractivity contribution in [2.75, 3.05) is 12.4 Å². The quantitative estimate of drug-likeness (QED) is 0.895. The zero-order chi connectivity index (χ0) is 14.0. The van der Waals surface area contributed by atoms with Gasteiger partial charge in [-0.2, -0.15) is 0 Å². The maximum Gasteiger partial charge on any atom is 0.136 e. The van der Waals surface area contributed by atoms with Crippen molar-refractivity contribution in [2.45, 2.75) is 26.2 Å². The second-order valence-electron chi connectivity index (χ2n) is 5.47. The first-order chi connectivity index (χ1) is 8.90. The molecule has 0 spiro atoms. The van der Waals surface area contributed by atoms with E-state index in [1.54, 1.807) is 12.1 Å². The van der Waals surface area contributed by atoms with Crippen molar-refractivity contribution in [2.24, 2.45) is 0 Å². The molecule has 0 aliphatic heterocycles. The van der Waals surface area contributed by atoms with Crippen LogP contribution in [0, 0.1) is 5.82 Å². The fourth-order valence-electron chi connectivity index (χ4n) is 1.68. The number of halogens is 1. The zero-order valence-corrected chi connectivity index (χ0v) is 11.7. The highest BCUT2D eigenvalue weighted by Gasteiger charge is 2.19. The second kappa shape index (κ2) is 4.96. The topological polar surface area (TPSA) is 37.8 Å². The summed E-state index contributed by atoms with van der Waals surface area (Å²) in [5.41, 5.74) is 1.54. The summed E-state index contributed by atoms with van der Waals surface area (Å²) in [5, 5.41) is 3.04. The number of nitrogens with one attached hydrogen (secondary N) is 1. The first-order valence-corrected chi connectivity index (χ1v) is 6.23. The second-order valence-corrected chi connectivity index (χ2v) is 5.47. The maximum absolute atomic E-state index is 13.0. The molecule has 0 saturated carbocycles. The number of hydrogen-bond donors (Lipinski definition) is 1. The number of anilines is 1. The minimum atomic E-state index is -0.248. The van der Waals surface area contributed by atoms with Crippen LogP contribution in [0.5, 0.6) is 0 Å². The predicted molar refractivity (Wildman–Crippen MR) is 75.7 cm³/mol. The minimum absolute atomic E-state index is 0.137. The summed E-state index contributed by atoms with van der Waals surface area (Å²) < 4.78 is 13.0. The summed E-state index contributed by atoms with van der Waals surface area (Å²) in [4.78, 5) is 9.05. The van der Waals surface area contributed by atoms with Gasteiger partial charge in [-0.15, -0.1) is 0 Å². The van der Waals surface area contributed by atoms with E-state index in [1.165, 1.54) is 12.1 Å². The molecule has 1 heterocycles. The van der Waals surface area contributed by atoms with Crippen molar-refractivity contribution < 1.29 is 4.39 Å². The van der Waals surface area contributed by atoms with Crippen molar-refractivity contribution >= 4 is 5.82 Å². The van der Waals surface area contributed by atoms with Crippen molar-refractivity contribution in [1.29, 1.82) is 0 Å². The van der Waals surface area contributed by atoms with E-state index in [9.17, 15) is 4.39 Å². The molecular formula is C15H18FN3. The first-order valence-electron chi connectivity index (χ1n) is 6.23. The molecule has 2 rings (SSSR count). The fraction of sp³-hybridized carbons (Fsp3) is 0.333. The molecule has 2 aromatic rings. The SMILES string of the molecule is CNc1cc(-c2ccc(F)cc2)nc(C(C)(C)C)n1. The van der Waals surface area contributed by atoms with Gasteiger partial charge in [0.05, 0.1) is 5.69 Å². The highest BCUT2D eigenvalue weighted by Crippen LogP contribution is 2.25. The van der Waals surface area contributed by atoms with Gasteiger partial charge in [-0.25, -0.2) is 14.4 Å². The van der Waals surface area contributed by atoms with Crippen LogP contribution in [0.2, 0.25) is 0 Å². The first kappa shape index (κ1) is 13.5. The third kappa shape index (κ3) is 3.08. The van der Waals surface area contributed by atoms with Gasteiger partial charge in [0.25, 0.3) is 0 Å². The van der Waals surface area contributed by atoms with Crippen LogP contribution in [-0.4, -0.2) is 17.0 Å². The smallest absolute Gasteiger partial charge is 0.136 e. The molecule has 0 fully saturated rings. The van der Waals surface area contributed by atoms with Crippen LogP contribution in [0.4, 0.5) is 10.2 Å². The lowest BCUT2D eigenvalue weighted by Gasteiger charge is -2.18. The molecule has 0 unspecified atom stereocenters. The van der Waals surface area contributed by atoms with Crippen LogP contribution in [0.25, 0.3) is 11.3 Å². The molecule has 19 heavy (non-hydrogen) atoms. The molecule has 0 aliphatic rings. The molecule has 100 valence electrons. The molecule has 1 N–H and O–H groups in total. The van der Waals surface area contributed by atoms with Gasteiger partial charge >= 0.3 is 0 Å². The van der Waals surface area contributed by atoms with E-state index in [4.69, 9.17) is 0 Å². The summed E-state index contributed by atoms with van der Waals surface area (Å²) in [6, 6.07) is 8.19. The van der Waals surface area contributed by atoms with Crippen molar-refractivity contribution in [3.63, 3.8) is 0 Å². The molecule has 0 atom stereocenters. The summed E-state index contributed by atoms with van der Waals surface area (Å²) in [6.45, 7) is 6.20. The van der Waals surface area contributed by atoms with E-state index in [0.717, 1.165) is 22.9 Å². The van der Waals surface area contributed by atoms with Crippen LogP contribution < -0.4 is 5.32 Å². The van der Waals surface area contributed by atoms with Crippen LogP contribution in [0.3, 0.4) is 0 Å². The monoisotopic (exact) mass is 259 g/mol. The normalized spacial score (nSPS) is 11.4. The number of nitrogens with zero attached hydrogens (tertiary/aromatic N) is 2. The fourth-order valence-corrected chi connectivity index (χ4v) is 1.68. The van der Waals surface area contributed by atoms with Gasteiger partial charge < -0.3 is 5.32 Å². The molecule has 1 aromatic carbocycles. The Kier molecular flexibility index (Phi) is 3.51. The maximum atomic E-state index is 13.0. The van der Waals surface area contributed by atoms with Crippen LogP contribution in [0.15, 0.2) is 30.3 Å². The molecule has 4 heteroatoms. The van der Waals surface area contributed by atoms with Gasteiger partial charge in [0.1, 0.15) is 17.5 Å². The van der Waals surface area contributed by atoms with E-state index >= 15 is 0 Å². The standard InChI is InChI=1S/C15H18FN3/c1-15(2,3)14-18-12(9-13(17-4)19-14)10-5-7-11(16)8-6-10/h5-9H,1-4H3,(H,17,18,19). The molecule has 0 bridgehead atoms. The summed E-state index contributed by atoms with van der Waals surface area (Å²) in [6.07, 6.45) is 0. The van der Waals surface area contributed by atoms with Crippen molar-refractivity contribution in [3.8, 4) is 11.3 Å². The molecule has 0 amide bonds. The van der Waals surface area contributed by atoms with Crippen LogP contribution >= 0.6 is 0 Å². The number of benzene rings is 1. The Balaban J connectivity index is 2.54. The van der Waals surface area contributed by atoms with Gasteiger partial charge in [0, 0.05) is 24.1 Å². The number of hydrogen-bond acceptors (Lipinski definition) is 3. The molecule has 3 nitrogen and oxygen atoms in total. The average Bonchev–Trinajstić information content (AvgIpc) is 2.38. The van der Waals surface area contributed by atoms with Gasteiger partial charge in [0.15, 0.2) is 0 Å². The Morgan fingerprint density at radius 3 is 2.21 bits per heavy atom. The van der Waals surface area contributed by atoms with Gasteiger partial charge in [-0.05, 0) is 24.3 Å². The highest BCUT2D eigenvalue weighted by molar-refractivity contribution is 5.62. The Morgan fingerprint density at radius 1 is 1.05 bits per heavy atom. The summed E-state index contributed by atoms with van der Waals surface area (Å²) in [7, 11) is 1.82. The molecule has 0 aliphatic carbocycles. The Bertz CT molecular complexity index is 571. The lowest BCUT2D eigenvalue weighted by atomic mass is 9.95. The van der Waals surface area contributed by atoms with E-state index in [0.29, 0.717) is 0 Å². The van der Waals surface area contributed by atoms with Gasteiger partial charge in [-0.1, -0.05) is 20.8 Å². The zero-order valence-electron chi connectivity index (χ0n) is 11.7. The molecule has 0 radical (unpaired) electrons. The van der Waals surface area contributed by atoms with Gasteiger partial charge in [0.2, 0.25) is 0 Å². The summed E-state index contributed by atoms with van der Waals surface area (Å²) >= 11 is 0. The van der Waals surface area contributed by atoms with Crippen molar-refractivity contribution in [3.05, 3.63) is 42.0 Å². The van der Waals surface area contributed by atoms with E-state index < -0.39 is 0 Å². The minimum Gasteiger partial charge on any atom is -0.373 e. The third-order valence-electron chi connectivity index (χ3n) is 2.79. The summed E-state index contributed by atoms with van der Waals surface area (Å²) in [5.74, 6) is 1.28. The number of aromatic nitrogens is 2. The largest absolute Gasteiger partial charge is 0.373 e.